The second-order valence-electron chi connectivity index (χ2n) is 7.34. The molecule has 152 valence electrons. The maximum atomic E-state index is 13.3. The smallest absolute Gasteiger partial charge is 0.257 e. The molecule has 2 heterocycles. The van der Waals surface area contributed by atoms with Crippen molar-refractivity contribution in [3.63, 3.8) is 0 Å². The third-order valence-corrected chi connectivity index (χ3v) is 5.29. The molecule has 0 saturated heterocycles. The molecule has 0 unspecified atom stereocenters. The average Bonchev–Trinajstić information content (AvgIpc) is 3.19. The van der Waals surface area contributed by atoms with Crippen LogP contribution >= 0.6 is 0 Å². The first-order valence-electron chi connectivity index (χ1n) is 9.74. The molecule has 0 bridgehead atoms. The van der Waals surface area contributed by atoms with Crippen LogP contribution in [0.5, 0.6) is 0 Å². The van der Waals surface area contributed by atoms with Gasteiger partial charge in [0, 0.05) is 17.1 Å². The fourth-order valence-electron chi connectivity index (χ4n) is 3.81. The first-order chi connectivity index (χ1) is 14.4. The summed E-state index contributed by atoms with van der Waals surface area (Å²) >= 11 is 0. The third kappa shape index (κ3) is 3.41. The van der Waals surface area contributed by atoms with Gasteiger partial charge in [-0.25, -0.2) is 9.07 Å². The van der Waals surface area contributed by atoms with Gasteiger partial charge in [0.05, 0.1) is 28.3 Å². The van der Waals surface area contributed by atoms with Crippen molar-refractivity contribution in [3.05, 3.63) is 94.8 Å². The zero-order valence-corrected chi connectivity index (χ0v) is 17.4. The Morgan fingerprint density at radius 3 is 2.23 bits per heavy atom. The van der Waals surface area contributed by atoms with Crippen LogP contribution in [0.1, 0.15) is 33.1 Å². The molecule has 0 radical (unpaired) electrons. The number of amides is 1. The van der Waals surface area contributed by atoms with Crippen LogP contribution in [0.25, 0.3) is 11.4 Å². The highest BCUT2D eigenvalue weighted by Gasteiger charge is 2.20. The zero-order chi connectivity index (χ0) is 21.4. The molecule has 30 heavy (non-hydrogen) atoms. The minimum Gasteiger partial charge on any atom is -0.319 e. The van der Waals surface area contributed by atoms with E-state index in [2.05, 4.69) is 10.4 Å². The Bertz CT molecular complexity index is 1220. The van der Waals surface area contributed by atoms with E-state index >= 15 is 0 Å². The summed E-state index contributed by atoms with van der Waals surface area (Å²) in [7, 11) is 0. The fraction of sp³-hybridized carbons (Fsp3) is 0.167. The minimum absolute atomic E-state index is 0.199. The quantitative estimate of drug-likeness (QED) is 0.504. The van der Waals surface area contributed by atoms with Gasteiger partial charge >= 0.3 is 0 Å². The van der Waals surface area contributed by atoms with Crippen LogP contribution in [0.3, 0.4) is 0 Å². The van der Waals surface area contributed by atoms with Gasteiger partial charge in [0.25, 0.3) is 5.91 Å². The van der Waals surface area contributed by atoms with E-state index in [0.717, 1.165) is 34.2 Å². The summed E-state index contributed by atoms with van der Waals surface area (Å²) in [4.78, 5) is 13.1. The first-order valence-corrected chi connectivity index (χ1v) is 9.74. The monoisotopic (exact) mass is 402 g/mol. The number of benzene rings is 2. The van der Waals surface area contributed by atoms with Gasteiger partial charge in [-0.3, -0.25) is 4.79 Å². The Labute approximate surface area is 174 Å². The molecule has 5 nitrogen and oxygen atoms in total. The summed E-state index contributed by atoms with van der Waals surface area (Å²) in [6.45, 7) is 7.63. The van der Waals surface area contributed by atoms with Crippen LogP contribution < -0.4 is 5.32 Å². The van der Waals surface area contributed by atoms with Gasteiger partial charge in [-0.1, -0.05) is 18.2 Å². The number of nitrogens with one attached hydrogen (secondary N) is 1. The predicted octanol–water partition coefficient (Wildman–Crippen LogP) is 5.29. The Hall–Kier alpha value is -3.67. The number of hydrogen-bond donors (Lipinski definition) is 1. The molecule has 1 N–H and O–H groups in total. The van der Waals surface area contributed by atoms with Crippen molar-refractivity contribution in [2.45, 2.75) is 27.7 Å². The minimum atomic E-state index is -0.291. The number of rotatable bonds is 4. The molecule has 0 aliphatic carbocycles. The maximum Gasteiger partial charge on any atom is 0.257 e. The topological polar surface area (TPSA) is 51.9 Å². The van der Waals surface area contributed by atoms with Crippen molar-refractivity contribution in [1.29, 1.82) is 0 Å². The van der Waals surface area contributed by atoms with E-state index in [1.807, 2.05) is 73.3 Å². The van der Waals surface area contributed by atoms with E-state index in [0.29, 0.717) is 11.3 Å². The van der Waals surface area contributed by atoms with Gasteiger partial charge < -0.3 is 9.88 Å². The van der Waals surface area contributed by atoms with Crippen molar-refractivity contribution < 1.29 is 9.18 Å². The van der Waals surface area contributed by atoms with E-state index in [-0.39, 0.29) is 11.7 Å². The lowest BCUT2D eigenvalue weighted by molar-refractivity contribution is 0.102. The summed E-state index contributed by atoms with van der Waals surface area (Å²) in [5, 5.41) is 7.62. The Balaban J connectivity index is 1.67. The number of aromatic nitrogens is 3. The molecule has 0 fully saturated rings. The van der Waals surface area contributed by atoms with Crippen LogP contribution in [0.15, 0.2) is 60.7 Å². The summed E-state index contributed by atoms with van der Waals surface area (Å²) in [5.41, 5.74) is 6.33. The normalized spacial score (nSPS) is 11.0. The van der Waals surface area contributed by atoms with E-state index in [1.165, 1.54) is 12.1 Å². The summed E-state index contributed by atoms with van der Waals surface area (Å²) < 4.78 is 17.1. The number of anilines is 1. The molecule has 4 aromatic rings. The maximum absolute atomic E-state index is 13.3. The second kappa shape index (κ2) is 7.63. The van der Waals surface area contributed by atoms with Gasteiger partial charge in [-0.15, -0.1) is 0 Å². The molecular weight excluding hydrogens is 379 g/mol. The van der Waals surface area contributed by atoms with Gasteiger partial charge in [-0.2, -0.15) is 5.10 Å². The second-order valence-corrected chi connectivity index (χ2v) is 7.34. The zero-order valence-electron chi connectivity index (χ0n) is 17.4. The van der Waals surface area contributed by atoms with E-state index < -0.39 is 0 Å². The molecule has 0 aliphatic heterocycles. The molecule has 4 rings (SSSR count). The standard InChI is InChI=1S/C24H23FN4O/c1-15-14-22(17(3)28(15)20-12-10-19(25)11-13-20)24(30)26-23-16(2)27-29(18(23)4)21-8-6-5-7-9-21/h5-14H,1-4H3,(H,26,30). The van der Waals surface area contributed by atoms with Crippen LogP contribution in [-0.4, -0.2) is 20.3 Å². The van der Waals surface area contributed by atoms with E-state index in [9.17, 15) is 9.18 Å². The van der Waals surface area contributed by atoms with Crippen molar-refractivity contribution in [1.82, 2.24) is 14.3 Å². The number of carbonyl (C=O) groups is 1. The van der Waals surface area contributed by atoms with E-state index in [1.54, 1.807) is 12.1 Å². The average molecular weight is 402 g/mol. The lowest BCUT2D eigenvalue weighted by Crippen LogP contribution is -2.14. The van der Waals surface area contributed by atoms with Gasteiger partial charge in [-0.05, 0) is 70.2 Å². The Morgan fingerprint density at radius 2 is 1.57 bits per heavy atom. The molecule has 2 aromatic carbocycles. The highest BCUT2D eigenvalue weighted by molar-refractivity contribution is 6.06. The number of carbonyl (C=O) groups excluding carboxylic acids is 1. The van der Waals surface area contributed by atoms with Gasteiger partial charge in [0.15, 0.2) is 0 Å². The van der Waals surface area contributed by atoms with Crippen LogP contribution in [0.2, 0.25) is 0 Å². The molecule has 1 amide bonds. The molecule has 6 heteroatoms. The van der Waals surface area contributed by atoms with Crippen molar-refractivity contribution in [3.8, 4) is 11.4 Å². The number of para-hydroxylation sites is 1. The summed E-state index contributed by atoms with van der Waals surface area (Å²) in [6.07, 6.45) is 0. The lowest BCUT2D eigenvalue weighted by atomic mass is 10.2. The molecule has 0 spiro atoms. The van der Waals surface area contributed by atoms with Crippen molar-refractivity contribution in [2.24, 2.45) is 0 Å². The van der Waals surface area contributed by atoms with Crippen molar-refractivity contribution >= 4 is 11.6 Å². The van der Waals surface area contributed by atoms with Crippen LogP contribution in [-0.2, 0) is 0 Å². The summed E-state index contributed by atoms with van der Waals surface area (Å²) in [6, 6.07) is 17.9. The predicted molar refractivity (Wildman–Crippen MR) is 116 cm³/mol. The number of nitrogens with zero attached hydrogens (tertiary/aromatic N) is 3. The molecule has 0 atom stereocenters. The largest absolute Gasteiger partial charge is 0.319 e. The SMILES string of the molecule is Cc1nn(-c2ccccc2)c(C)c1NC(=O)c1cc(C)n(-c2ccc(F)cc2)c1C. The Kier molecular flexibility index (Phi) is 4.99. The molecular formula is C24H23FN4O. The lowest BCUT2D eigenvalue weighted by Gasteiger charge is -2.10. The van der Waals surface area contributed by atoms with Crippen LogP contribution in [0, 0.1) is 33.5 Å². The first kappa shape index (κ1) is 19.6. The van der Waals surface area contributed by atoms with Gasteiger partial charge in [0.2, 0.25) is 0 Å². The Morgan fingerprint density at radius 1 is 0.900 bits per heavy atom. The fourth-order valence-corrected chi connectivity index (χ4v) is 3.81. The van der Waals surface area contributed by atoms with Crippen LogP contribution in [0.4, 0.5) is 10.1 Å². The molecule has 2 aromatic heterocycles. The van der Waals surface area contributed by atoms with Crippen molar-refractivity contribution in [2.75, 3.05) is 5.32 Å². The van der Waals surface area contributed by atoms with E-state index in [4.69, 9.17) is 0 Å². The highest BCUT2D eigenvalue weighted by Crippen LogP contribution is 2.26. The number of aryl methyl sites for hydroxylation is 2. The molecule has 0 saturated carbocycles. The number of hydrogen-bond acceptors (Lipinski definition) is 2. The summed E-state index contributed by atoms with van der Waals surface area (Å²) in [5.74, 6) is -0.490. The van der Waals surface area contributed by atoms with Gasteiger partial charge in [0.1, 0.15) is 5.82 Å². The number of halogens is 1. The molecule has 0 aliphatic rings. The third-order valence-electron chi connectivity index (χ3n) is 5.29. The highest BCUT2D eigenvalue weighted by atomic mass is 19.1.